The van der Waals surface area contributed by atoms with Crippen molar-refractivity contribution in [1.82, 2.24) is 4.90 Å². The van der Waals surface area contributed by atoms with E-state index >= 15 is 0 Å². The van der Waals surface area contributed by atoms with Crippen molar-refractivity contribution in [2.45, 2.75) is 16.3 Å². The van der Waals surface area contributed by atoms with E-state index in [0.717, 1.165) is 5.56 Å². The Hall–Kier alpha value is -0.680. The lowest BCUT2D eigenvalue weighted by Gasteiger charge is -2.20. The largest absolute Gasteiger partial charge is 0.445 e. The van der Waals surface area contributed by atoms with Gasteiger partial charge >= 0.3 is 6.09 Å². The quantitative estimate of drug-likeness (QED) is 0.834. The zero-order valence-electron chi connectivity index (χ0n) is 10.9. The van der Waals surface area contributed by atoms with Gasteiger partial charge in [-0.2, -0.15) is 0 Å². The molecular formula is C13H16Cl3NO3. The highest BCUT2D eigenvalue weighted by molar-refractivity contribution is 6.67. The summed E-state index contributed by atoms with van der Waals surface area (Å²) in [6, 6.07) is 9.21. The first kappa shape index (κ1) is 17.4. The molecule has 112 valence electrons. The topological polar surface area (TPSA) is 49.8 Å². The number of carbonyl (C=O) groups is 1. The molecule has 1 amide bonds. The highest BCUT2D eigenvalue weighted by Gasteiger charge is 2.23. The summed E-state index contributed by atoms with van der Waals surface area (Å²) in [5.41, 5.74) is 0.801. The monoisotopic (exact) mass is 339 g/mol. The number of aliphatic hydroxyl groups excluding tert-OH is 1. The number of aliphatic hydroxyl groups is 1. The first-order chi connectivity index (χ1) is 9.29. The number of benzene rings is 1. The normalized spacial score (nSPS) is 12.8. The summed E-state index contributed by atoms with van der Waals surface area (Å²) < 4.78 is 3.19. The number of carbonyl (C=O) groups excluding carboxylic acids is 1. The van der Waals surface area contributed by atoms with Crippen LogP contribution in [-0.2, 0) is 4.74 Å². The molecule has 1 aromatic carbocycles. The van der Waals surface area contributed by atoms with Crippen molar-refractivity contribution < 1.29 is 14.6 Å². The van der Waals surface area contributed by atoms with Crippen LogP contribution in [0, 0.1) is 0 Å². The SMILES string of the molecule is CN(CCC(O)c1ccccc1)C(=O)OCC(Cl)(Cl)Cl. The number of alkyl halides is 3. The predicted octanol–water partition coefficient (Wildman–Crippen LogP) is 3.55. The Morgan fingerprint density at radius 2 is 1.95 bits per heavy atom. The molecule has 1 aromatic rings. The van der Waals surface area contributed by atoms with Crippen LogP contribution in [0.1, 0.15) is 18.1 Å². The highest BCUT2D eigenvalue weighted by Crippen LogP contribution is 2.26. The van der Waals surface area contributed by atoms with Gasteiger partial charge in [0.15, 0.2) is 0 Å². The standard InChI is InChI=1S/C13H16Cl3NO3/c1-17(12(19)20-9-13(14,15)16)8-7-11(18)10-5-3-2-4-6-10/h2-6,11,18H,7-9H2,1H3. The van der Waals surface area contributed by atoms with E-state index in [1.807, 2.05) is 30.3 Å². The third-order valence-electron chi connectivity index (χ3n) is 2.59. The minimum absolute atomic E-state index is 0.317. The molecule has 1 N–H and O–H groups in total. The fraction of sp³-hybridized carbons (Fsp3) is 0.462. The molecule has 0 bridgehead atoms. The average Bonchev–Trinajstić information content (AvgIpc) is 2.41. The molecule has 1 unspecified atom stereocenters. The molecule has 0 heterocycles. The van der Waals surface area contributed by atoms with Gasteiger partial charge in [0.05, 0.1) is 6.10 Å². The van der Waals surface area contributed by atoms with Crippen molar-refractivity contribution in [2.24, 2.45) is 0 Å². The second kappa shape index (κ2) is 7.93. The number of nitrogens with zero attached hydrogens (tertiary/aromatic N) is 1. The van der Waals surface area contributed by atoms with Crippen LogP contribution in [0.25, 0.3) is 0 Å². The molecule has 20 heavy (non-hydrogen) atoms. The number of ether oxygens (including phenoxy) is 1. The van der Waals surface area contributed by atoms with Gasteiger partial charge in [-0.25, -0.2) is 4.79 Å². The minimum atomic E-state index is -1.62. The molecule has 0 saturated carbocycles. The van der Waals surface area contributed by atoms with Gasteiger partial charge in [-0.3, -0.25) is 0 Å². The van der Waals surface area contributed by atoms with Crippen molar-refractivity contribution in [1.29, 1.82) is 0 Å². The molecule has 1 atom stereocenters. The van der Waals surface area contributed by atoms with Crippen molar-refractivity contribution in [3.63, 3.8) is 0 Å². The van der Waals surface area contributed by atoms with Crippen LogP contribution in [0.4, 0.5) is 4.79 Å². The van der Waals surface area contributed by atoms with Crippen molar-refractivity contribution in [3.05, 3.63) is 35.9 Å². The third kappa shape index (κ3) is 6.66. The van der Waals surface area contributed by atoms with Crippen LogP contribution >= 0.6 is 34.8 Å². The van der Waals surface area contributed by atoms with E-state index in [-0.39, 0.29) is 6.61 Å². The number of hydrogen-bond donors (Lipinski definition) is 1. The fourth-order valence-electron chi connectivity index (χ4n) is 1.50. The first-order valence-electron chi connectivity index (χ1n) is 5.97. The Bertz CT molecular complexity index is 423. The molecule has 0 spiro atoms. The molecule has 7 heteroatoms. The Morgan fingerprint density at radius 3 is 2.50 bits per heavy atom. The lowest BCUT2D eigenvalue weighted by atomic mass is 10.1. The van der Waals surface area contributed by atoms with Crippen LogP contribution < -0.4 is 0 Å². The van der Waals surface area contributed by atoms with Crippen molar-refractivity contribution in [3.8, 4) is 0 Å². The minimum Gasteiger partial charge on any atom is -0.445 e. The predicted molar refractivity (Wildman–Crippen MR) is 80.3 cm³/mol. The Balaban J connectivity index is 2.35. The molecular weight excluding hydrogens is 325 g/mol. The van der Waals surface area contributed by atoms with Crippen molar-refractivity contribution in [2.75, 3.05) is 20.2 Å². The maximum Gasteiger partial charge on any atom is 0.409 e. The van der Waals surface area contributed by atoms with Gasteiger partial charge in [0.25, 0.3) is 0 Å². The van der Waals surface area contributed by atoms with E-state index in [4.69, 9.17) is 39.5 Å². The second-order valence-corrected chi connectivity index (χ2v) is 6.82. The average molecular weight is 341 g/mol. The molecule has 0 aliphatic carbocycles. The van der Waals surface area contributed by atoms with Crippen LogP contribution in [0.15, 0.2) is 30.3 Å². The van der Waals surface area contributed by atoms with E-state index in [2.05, 4.69) is 0 Å². The van der Waals surface area contributed by atoms with Crippen LogP contribution in [-0.4, -0.2) is 40.1 Å². The molecule has 1 rings (SSSR count). The maximum absolute atomic E-state index is 11.6. The van der Waals surface area contributed by atoms with Gasteiger partial charge in [-0.05, 0) is 12.0 Å². The summed E-state index contributed by atoms with van der Waals surface area (Å²) >= 11 is 16.5. The van der Waals surface area contributed by atoms with E-state index in [9.17, 15) is 9.90 Å². The lowest BCUT2D eigenvalue weighted by molar-refractivity contribution is 0.102. The second-order valence-electron chi connectivity index (χ2n) is 4.31. The summed E-state index contributed by atoms with van der Waals surface area (Å²) in [7, 11) is 1.55. The van der Waals surface area contributed by atoms with Crippen LogP contribution in [0.3, 0.4) is 0 Å². The van der Waals surface area contributed by atoms with Crippen LogP contribution in [0.5, 0.6) is 0 Å². The maximum atomic E-state index is 11.6. The van der Waals surface area contributed by atoms with Gasteiger partial charge in [-0.15, -0.1) is 0 Å². The van der Waals surface area contributed by atoms with Gasteiger partial charge in [0.2, 0.25) is 3.79 Å². The smallest absolute Gasteiger partial charge is 0.409 e. The summed E-state index contributed by atoms with van der Waals surface area (Å²) in [5, 5.41) is 9.97. The highest BCUT2D eigenvalue weighted by atomic mass is 35.6. The first-order valence-corrected chi connectivity index (χ1v) is 7.10. The number of rotatable bonds is 5. The molecule has 0 saturated heterocycles. The number of hydrogen-bond acceptors (Lipinski definition) is 3. The Labute approximate surface area is 133 Å². The van der Waals surface area contributed by atoms with Crippen molar-refractivity contribution >= 4 is 40.9 Å². The van der Waals surface area contributed by atoms with E-state index in [1.54, 1.807) is 7.05 Å². The molecule has 0 fully saturated rings. The summed E-state index contributed by atoms with van der Waals surface area (Å²) in [6.45, 7) is 0.0107. The summed E-state index contributed by atoms with van der Waals surface area (Å²) in [4.78, 5) is 12.9. The molecule has 4 nitrogen and oxygen atoms in total. The number of halogens is 3. The number of amides is 1. The molecule has 0 aliphatic rings. The summed E-state index contributed by atoms with van der Waals surface area (Å²) in [5.74, 6) is 0. The molecule has 0 aliphatic heterocycles. The summed E-state index contributed by atoms with van der Waals surface area (Å²) in [6.07, 6.45) is -0.847. The Kier molecular flexibility index (Phi) is 6.89. The van der Waals surface area contributed by atoms with E-state index in [0.29, 0.717) is 13.0 Å². The van der Waals surface area contributed by atoms with Gasteiger partial charge < -0.3 is 14.7 Å². The van der Waals surface area contributed by atoms with Gasteiger partial charge in [0, 0.05) is 13.6 Å². The zero-order chi connectivity index (χ0) is 15.2. The molecule has 0 radical (unpaired) electrons. The Morgan fingerprint density at radius 1 is 1.35 bits per heavy atom. The fourth-order valence-corrected chi connectivity index (χ4v) is 1.67. The zero-order valence-corrected chi connectivity index (χ0v) is 13.2. The van der Waals surface area contributed by atoms with Gasteiger partial charge in [-0.1, -0.05) is 65.1 Å². The third-order valence-corrected chi connectivity index (χ3v) is 2.92. The van der Waals surface area contributed by atoms with E-state index < -0.39 is 16.0 Å². The lowest BCUT2D eigenvalue weighted by Crippen LogP contribution is -2.31. The van der Waals surface area contributed by atoms with E-state index in [1.165, 1.54) is 4.90 Å². The molecule has 0 aromatic heterocycles. The van der Waals surface area contributed by atoms with Crippen LogP contribution in [0.2, 0.25) is 0 Å². The van der Waals surface area contributed by atoms with Gasteiger partial charge in [0.1, 0.15) is 6.61 Å².